The number of carbonyl (C=O) groups is 2. The number of rotatable bonds is 10. The normalized spacial score (nSPS) is 10.3. The van der Waals surface area contributed by atoms with Gasteiger partial charge in [0, 0.05) is 30.8 Å². The van der Waals surface area contributed by atoms with Crippen LogP contribution >= 0.6 is 0 Å². The number of nitrogens with one attached hydrogen (secondary N) is 1. The van der Waals surface area contributed by atoms with Crippen LogP contribution in [0.2, 0.25) is 0 Å². The summed E-state index contributed by atoms with van der Waals surface area (Å²) >= 11 is 0. The minimum atomic E-state index is -0.119. The molecule has 0 saturated heterocycles. The van der Waals surface area contributed by atoms with Crippen molar-refractivity contribution in [3.8, 4) is 17.2 Å². The summed E-state index contributed by atoms with van der Waals surface area (Å²) in [6, 6.07) is 10.6. The lowest BCUT2D eigenvalue weighted by molar-refractivity contribution is -0.116. The fourth-order valence-electron chi connectivity index (χ4n) is 3.15. The maximum absolute atomic E-state index is 12.4. The number of amides is 2. The first kappa shape index (κ1) is 23.1. The Morgan fingerprint density at radius 2 is 1.47 bits per heavy atom. The number of hydrogen-bond acceptors (Lipinski definition) is 5. The Bertz CT molecular complexity index is 835. The van der Waals surface area contributed by atoms with Gasteiger partial charge in [-0.2, -0.15) is 0 Å². The van der Waals surface area contributed by atoms with Crippen molar-refractivity contribution in [2.75, 3.05) is 39.7 Å². The second-order valence-electron chi connectivity index (χ2n) is 6.64. The number of hydrogen-bond donors (Lipinski definition) is 1. The van der Waals surface area contributed by atoms with Crippen LogP contribution < -0.4 is 19.5 Å². The monoisotopic (exact) mass is 414 g/mol. The number of benzene rings is 2. The molecule has 7 heteroatoms. The van der Waals surface area contributed by atoms with Gasteiger partial charge in [0.1, 0.15) is 0 Å². The lowest BCUT2D eigenvalue weighted by Crippen LogP contribution is -2.30. The smallest absolute Gasteiger partial charge is 0.253 e. The average Bonchev–Trinajstić information content (AvgIpc) is 2.78. The SMILES string of the molecule is CCN(CC)C(=O)c1ccc(NC(=O)CCc2cc(OC)c(OC)c(OC)c2)cc1. The molecule has 7 nitrogen and oxygen atoms in total. The Morgan fingerprint density at radius 1 is 0.900 bits per heavy atom. The van der Waals surface area contributed by atoms with Gasteiger partial charge in [-0.3, -0.25) is 9.59 Å². The second kappa shape index (κ2) is 11.1. The van der Waals surface area contributed by atoms with Crippen LogP contribution in [0.5, 0.6) is 17.2 Å². The van der Waals surface area contributed by atoms with Gasteiger partial charge in [-0.15, -0.1) is 0 Å². The number of nitrogens with zero attached hydrogens (tertiary/aromatic N) is 1. The van der Waals surface area contributed by atoms with Crippen LogP contribution in [0.15, 0.2) is 36.4 Å². The molecule has 2 aromatic rings. The van der Waals surface area contributed by atoms with E-state index >= 15 is 0 Å². The van der Waals surface area contributed by atoms with Crippen molar-refractivity contribution in [2.24, 2.45) is 0 Å². The number of aryl methyl sites for hydroxylation is 1. The van der Waals surface area contributed by atoms with Crippen molar-refractivity contribution in [3.05, 3.63) is 47.5 Å². The largest absolute Gasteiger partial charge is 0.493 e. The summed E-state index contributed by atoms with van der Waals surface area (Å²) in [5, 5.41) is 2.86. The van der Waals surface area contributed by atoms with Crippen molar-refractivity contribution >= 4 is 17.5 Å². The molecule has 0 unspecified atom stereocenters. The second-order valence-corrected chi connectivity index (χ2v) is 6.64. The Hall–Kier alpha value is -3.22. The van der Waals surface area contributed by atoms with Gasteiger partial charge in [-0.25, -0.2) is 0 Å². The van der Waals surface area contributed by atoms with Crippen molar-refractivity contribution in [1.29, 1.82) is 0 Å². The van der Waals surface area contributed by atoms with Crippen molar-refractivity contribution in [3.63, 3.8) is 0 Å². The van der Waals surface area contributed by atoms with E-state index < -0.39 is 0 Å². The van der Waals surface area contributed by atoms with E-state index in [2.05, 4.69) is 5.32 Å². The van der Waals surface area contributed by atoms with E-state index in [-0.39, 0.29) is 11.8 Å². The number of methoxy groups -OCH3 is 3. The zero-order valence-electron chi connectivity index (χ0n) is 18.3. The molecule has 0 aliphatic carbocycles. The Morgan fingerprint density at radius 3 is 1.93 bits per heavy atom. The molecule has 2 amide bonds. The van der Waals surface area contributed by atoms with E-state index in [0.717, 1.165) is 5.56 Å². The molecule has 0 aliphatic rings. The predicted molar refractivity (Wildman–Crippen MR) is 117 cm³/mol. The zero-order valence-corrected chi connectivity index (χ0v) is 18.3. The van der Waals surface area contributed by atoms with Crippen LogP contribution in [0.3, 0.4) is 0 Å². The molecule has 0 saturated carbocycles. The summed E-state index contributed by atoms with van der Waals surface area (Å²) in [6.07, 6.45) is 0.805. The summed E-state index contributed by atoms with van der Waals surface area (Å²) in [5.74, 6) is 1.50. The lowest BCUT2D eigenvalue weighted by atomic mass is 10.1. The fourth-order valence-corrected chi connectivity index (χ4v) is 3.15. The van der Waals surface area contributed by atoms with E-state index in [1.54, 1.807) is 50.5 Å². The molecule has 0 spiro atoms. The Labute approximate surface area is 177 Å². The average molecular weight is 415 g/mol. The summed E-state index contributed by atoms with van der Waals surface area (Å²) < 4.78 is 16.0. The molecule has 162 valence electrons. The number of ether oxygens (including phenoxy) is 3. The number of carbonyl (C=O) groups excluding carboxylic acids is 2. The molecular formula is C23H30N2O5. The van der Waals surface area contributed by atoms with E-state index in [9.17, 15) is 9.59 Å². The molecule has 0 atom stereocenters. The summed E-state index contributed by atoms with van der Waals surface area (Å²) in [5.41, 5.74) is 2.16. The quantitative estimate of drug-likeness (QED) is 0.640. The van der Waals surface area contributed by atoms with E-state index in [0.29, 0.717) is 54.4 Å². The minimum Gasteiger partial charge on any atom is -0.493 e. The van der Waals surface area contributed by atoms with E-state index in [4.69, 9.17) is 14.2 Å². The molecule has 0 radical (unpaired) electrons. The highest BCUT2D eigenvalue weighted by molar-refractivity contribution is 5.95. The van der Waals surface area contributed by atoms with Crippen LogP contribution in [-0.2, 0) is 11.2 Å². The topological polar surface area (TPSA) is 77.1 Å². The maximum Gasteiger partial charge on any atom is 0.253 e. The highest BCUT2D eigenvalue weighted by Gasteiger charge is 2.15. The third-order valence-electron chi connectivity index (χ3n) is 4.83. The van der Waals surface area contributed by atoms with Gasteiger partial charge in [0.25, 0.3) is 5.91 Å². The maximum atomic E-state index is 12.4. The zero-order chi connectivity index (χ0) is 22.1. The predicted octanol–water partition coefficient (Wildman–Crippen LogP) is 3.77. The van der Waals surface area contributed by atoms with Crippen LogP contribution in [0.4, 0.5) is 5.69 Å². The molecule has 2 rings (SSSR count). The third kappa shape index (κ3) is 5.65. The first-order valence-corrected chi connectivity index (χ1v) is 9.95. The summed E-state index contributed by atoms with van der Waals surface area (Å²) in [6.45, 7) is 5.22. The van der Waals surface area contributed by atoms with Crippen molar-refractivity contribution in [1.82, 2.24) is 4.90 Å². The van der Waals surface area contributed by atoms with Crippen LogP contribution in [-0.4, -0.2) is 51.1 Å². The van der Waals surface area contributed by atoms with Gasteiger partial charge in [0.15, 0.2) is 11.5 Å². The van der Waals surface area contributed by atoms with Gasteiger partial charge in [0.2, 0.25) is 11.7 Å². The lowest BCUT2D eigenvalue weighted by Gasteiger charge is -2.18. The molecule has 30 heavy (non-hydrogen) atoms. The Balaban J connectivity index is 1.99. The molecule has 0 heterocycles. The van der Waals surface area contributed by atoms with Crippen LogP contribution in [0, 0.1) is 0 Å². The van der Waals surface area contributed by atoms with Gasteiger partial charge in [-0.1, -0.05) is 0 Å². The van der Waals surface area contributed by atoms with Crippen LogP contribution in [0.1, 0.15) is 36.2 Å². The molecule has 2 aromatic carbocycles. The fraction of sp³-hybridized carbons (Fsp3) is 0.391. The van der Waals surface area contributed by atoms with Crippen LogP contribution in [0.25, 0.3) is 0 Å². The molecular weight excluding hydrogens is 384 g/mol. The molecule has 1 N–H and O–H groups in total. The highest BCUT2D eigenvalue weighted by Crippen LogP contribution is 2.38. The molecule has 0 aromatic heterocycles. The van der Waals surface area contributed by atoms with Gasteiger partial charge in [-0.05, 0) is 62.2 Å². The van der Waals surface area contributed by atoms with Gasteiger partial charge >= 0.3 is 0 Å². The first-order chi connectivity index (χ1) is 14.5. The van der Waals surface area contributed by atoms with Gasteiger partial charge in [0.05, 0.1) is 21.3 Å². The minimum absolute atomic E-state index is 0.0136. The molecule has 0 aliphatic heterocycles. The van der Waals surface area contributed by atoms with Crippen molar-refractivity contribution in [2.45, 2.75) is 26.7 Å². The summed E-state index contributed by atoms with van der Waals surface area (Å²) in [4.78, 5) is 26.5. The van der Waals surface area contributed by atoms with Crippen molar-refractivity contribution < 1.29 is 23.8 Å². The van der Waals surface area contributed by atoms with Gasteiger partial charge < -0.3 is 24.4 Å². The highest BCUT2D eigenvalue weighted by atomic mass is 16.5. The first-order valence-electron chi connectivity index (χ1n) is 9.95. The van der Waals surface area contributed by atoms with E-state index in [1.165, 1.54) is 0 Å². The third-order valence-corrected chi connectivity index (χ3v) is 4.83. The van der Waals surface area contributed by atoms with E-state index in [1.807, 2.05) is 26.0 Å². The molecule has 0 bridgehead atoms. The molecule has 0 fully saturated rings. The summed E-state index contributed by atoms with van der Waals surface area (Å²) in [7, 11) is 4.67. The standard InChI is InChI=1S/C23H30N2O5/c1-6-25(7-2)23(27)17-9-11-18(12-10-17)24-21(26)13-8-16-14-19(28-3)22(30-5)20(15-16)29-4/h9-12,14-15H,6-8,13H2,1-5H3,(H,24,26). The Kier molecular flexibility index (Phi) is 8.53. The number of anilines is 1.